The molecule has 0 unspecified atom stereocenters. The molecule has 0 aliphatic heterocycles. The number of hydrogen-bond donors (Lipinski definition) is 0. The molecule has 0 N–H and O–H groups in total. The van der Waals surface area contributed by atoms with E-state index >= 15 is 0 Å². The fourth-order valence-corrected chi connectivity index (χ4v) is 8.60. The van der Waals surface area contributed by atoms with Gasteiger partial charge in [0.15, 0.2) is 0 Å². The van der Waals surface area contributed by atoms with E-state index in [2.05, 4.69) is 27.2 Å². The highest BCUT2D eigenvalue weighted by atomic mass is 31.2. The van der Waals surface area contributed by atoms with Crippen LogP contribution < -0.4 is 0 Å². The Morgan fingerprint density at radius 3 is 1.56 bits per heavy atom. The van der Waals surface area contributed by atoms with E-state index in [0.717, 1.165) is 28.6 Å². The molecule has 0 atom stereocenters. The topological polar surface area (TPSA) is 0 Å². The first kappa shape index (κ1) is 11.5. The van der Waals surface area contributed by atoms with E-state index < -0.39 is 7.26 Å². The molecule has 0 spiro atoms. The lowest BCUT2D eigenvalue weighted by Gasteiger charge is -2.59. The van der Waals surface area contributed by atoms with Crippen molar-refractivity contribution in [1.82, 2.24) is 0 Å². The van der Waals surface area contributed by atoms with Crippen LogP contribution in [-0.2, 0) is 0 Å². The molecule has 4 rings (SSSR count). The van der Waals surface area contributed by atoms with Crippen LogP contribution in [0.1, 0.15) is 52.4 Å². The zero-order valence-electron chi connectivity index (χ0n) is 11.5. The van der Waals surface area contributed by atoms with Crippen molar-refractivity contribution in [1.29, 1.82) is 0 Å². The first-order valence-corrected chi connectivity index (χ1v) is 10.0. The lowest BCUT2D eigenvalue weighted by atomic mass is 9.56. The highest BCUT2D eigenvalue weighted by molar-refractivity contribution is 7.76. The molecule has 4 saturated carbocycles. The van der Waals surface area contributed by atoms with Gasteiger partial charge >= 0.3 is 0 Å². The number of rotatable bonds is 2. The first-order chi connectivity index (χ1) is 7.43. The van der Waals surface area contributed by atoms with Crippen LogP contribution in [0.4, 0.5) is 0 Å². The third-order valence-electron chi connectivity index (χ3n) is 6.52. The van der Waals surface area contributed by atoms with Gasteiger partial charge in [-0.3, -0.25) is 0 Å². The summed E-state index contributed by atoms with van der Waals surface area (Å²) >= 11 is 0. The maximum absolute atomic E-state index is 2.67. The first-order valence-electron chi connectivity index (χ1n) is 7.27. The Kier molecular flexibility index (Phi) is 2.50. The summed E-state index contributed by atoms with van der Waals surface area (Å²) in [7, 11) is -0.714. The van der Waals surface area contributed by atoms with Gasteiger partial charge in [0, 0.05) is 20.6 Å². The summed E-state index contributed by atoms with van der Waals surface area (Å²) in [5.74, 6) is 3.39. The van der Waals surface area contributed by atoms with Gasteiger partial charge in [-0.1, -0.05) is 0 Å². The molecule has 4 aliphatic carbocycles. The summed E-state index contributed by atoms with van der Waals surface area (Å²) in [4.78, 5) is 0. The third kappa shape index (κ3) is 1.45. The molecule has 0 heterocycles. The van der Waals surface area contributed by atoms with Gasteiger partial charge in [-0.2, -0.15) is 0 Å². The maximum atomic E-state index is 2.67. The van der Waals surface area contributed by atoms with Gasteiger partial charge in [0.2, 0.25) is 0 Å². The monoisotopic (exact) mass is 239 g/mol. The molecule has 4 bridgehead atoms. The lowest BCUT2D eigenvalue weighted by molar-refractivity contribution is 0.0342. The second-order valence-electron chi connectivity index (χ2n) is 7.78. The minimum Gasteiger partial charge on any atom is -0.0472 e. The summed E-state index contributed by atoms with van der Waals surface area (Å²) in [6.07, 6.45) is 9.61. The van der Waals surface area contributed by atoms with Crippen LogP contribution in [0.5, 0.6) is 0 Å². The van der Waals surface area contributed by atoms with Gasteiger partial charge in [-0.15, -0.1) is 0 Å². The summed E-state index contributed by atoms with van der Waals surface area (Å²) in [5.41, 5.74) is 0.948. The van der Waals surface area contributed by atoms with Crippen LogP contribution in [0.15, 0.2) is 0 Å². The van der Waals surface area contributed by atoms with Crippen molar-refractivity contribution in [2.24, 2.45) is 17.8 Å². The molecule has 0 saturated heterocycles. The normalized spacial score (nSPS) is 46.7. The highest BCUT2D eigenvalue weighted by Gasteiger charge is 2.62. The molecular formula is C15H28P+. The largest absolute Gasteiger partial charge is 0.0804 e. The third-order valence-corrected chi connectivity index (χ3v) is 12.1. The Bertz CT molecular complexity index is 255. The molecule has 0 radical (unpaired) electrons. The number of hydrogen-bond acceptors (Lipinski definition) is 0. The van der Waals surface area contributed by atoms with E-state index in [-0.39, 0.29) is 0 Å². The minimum atomic E-state index is -0.714. The van der Waals surface area contributed by atoms with E-state index in [1.807, 2.05) is 0 Å². The van der Waals surface area contributed by atoms with Gasteiger partial charge in [0.25, 0.3) is 0 Å². The predicted molar refractivity (Wildman–Crippen MR) is 74.8 cm³/mol. The van der Waals surface area contributed by atoms with Crippen LogP contribution >= 0.6 is 7.26 Å². The average molecular weight is 239 g/mol. The smallest absolute Gasteiger partial charge is 0.0472 e. The van der Waals surface area contributed by atoms with Crippen molar-refractivity contribution in [3.63, 3.8) is 0 Å². The van der Waals surface area contributed by atoms with Gasteiger partial charge < -0.3 is 0 Å². The zero-order valence-corrected chi connectivity index (χ0v) is 12.4. The van der Waals surface area contributed by atoms with Crippen molar-refractivity contribution in [3.8, 4) is 0 Å². The van der Waals surface area contributed by atoms with Crippen molar-refractivity contribution < 1.29 is 0 Å². The van der Waals surface area contributed by atoms with Crippen molar-refractivity contribution >= 4 is 7.26 Å². The summed E-state index contributed by atoms with van der Waals surface area (Å²) in [6, 6.07) is 0. The molecule has 4 aliphatic rings. The van der Waals surface area contributed by atoms with Gasteiger partial charge in [0.05, 0.1) is 10.8 Å². The molecule has 4 fully saturated rings. The van der Waals surface area contributed by atoms with Crippen molar-refractivity contribution in [2.75, 3.05) is 13.3 Å². The molecule has 0 aromatic heterocycles. The average Bonchev–Trinajstić information content (AvgIpc) is 2.14. The van der Waals surface area contributed by atoms with Crippen LogP contribution in [0.25, 0.3) is 0 Å². The van der Waals surface area contributed by atoms with Crippen LogP contribution in [-0.4, -0.2) is 24.1 Å². The minimum absolute atomic E-state index is 0.714. The second-order valence-corrected chi connectivity index (χ2v) is 12.8. The molecule has 0 aromatic rings. The van der Waals surface area contributed by atoms with Crippen LogP contribution in [0.3, 0.4) is 0 Å². The Hall–Kier alpha value is 0.430. The second kappa shape index (κ2) is 3.47. The van der Waals surface area contributed by atoms with Crippen molar-refractivity contribution in [2.45, 2.75) is 63.2 Å². The van der Waals surface area contributed by atoms with E-state index in [1.165, 1.54) is 0 Å². The van der Waals surface area contributed by atoms with Gasteiger partial charge in [0.1, 0.15) is 0 Å². The Morgan fingerprint density at radius 2 is 1.25 bits per heavy atom. The van der Waals surface area contributed by atoms with E-state index in [0.29, 0.717) is 0 Å². The molecule has 0 aromatic carbocycles. The Labute approximate surface area is 102 Å². The van der Waals surface area contributed by atoms with Crippen molar-refractivity contribution in [3.05, 3.63) is 0 Å². The highest BCUT2D eigenvalue weighted by Crippen LogP contribution is 2.77. The standard InChI is InChI=1S/C15H28P/c1-11(2)16(3,4)15-8-12-5-13(9-15)7-14(6-12)10-15/h11-14H,5-10H2,1-4H3/q+1. The predicted octanol–water partition coefficient (Wildman–Crippen LogP) is 4.64. The van der Waals surface area contributed by atoms with Crippen LogP contribution in [0, 0.1) is 17.8 Å². The zero-order chi connectivity index (χ0) is 11.6. The molecule has 0 amide bonds. The Morgan fingerprint density at radius 1 is 0.875 bits per heavy atom. The molecule has 16 heavy (non-hydrogen) atoms. The molecule has 1 heteroatoms. The summed E-state index contributed by atoms with van der Waals surface area (Å²) in [6.45, 7) is 10.3. The van der Waals surface area contributed by atoms with Gasteiger partial charge in [-0.25, -0.2) is 0 Å². The summed E-state index contributed by atoms with van der Waals surface area (Å²) < 4.78 is 0. The Balaban J connectivity index is 1.94. The summed E-state index contributed by atoms with van der Waals surface area (Å²) in [5, 5.41) is 0.829. The van der Waals surface area contributed by atoms with E-state index in [9.17, 15) is 0 Å². The van der Waals surface area contributed by atoms with Gasteiger partial charge in [-0.05, 0) is 70.1 Å². The maximum Gasteiger partial charge on any atom is 0.0804 e. The van der Waals surface area contributed by atoms with Crippen LogP contribution in [0.2, 0.25) is 0 Å². The SMILES string of the molecule is CC(C)[P+](C)(C)C12CC3CC(CC(C3)C1)C2. The molecular weight excluding hydrogens is 211 g/mol. The fraction of sp³-hybridized carbons (Fsp3) is 1.00. The quantitative estimate of drug-likeness (QED) is 0.616. The van der Waals surface area contributed by atoms with E-state index in [1.54, 1.807) is 38.5 Å². The fourth-order valence-electron chi connectivity index (χ4n) is 5.32. The molecule has 0 nitrogen and oxygen atoms in total. The van der Waals surface area contributed by atoms with E-state index in [4.69, 9.17) is 0 Å². The lowest BCUT2D eigenvalue weighted by Crippen LogP contribution is -2.52. The molecule has 92 valence electrons.